The summed E-state index contributed by atoms with van der Waals surface area (Å²) >= 11 is 0. The molecule has 1 rings (SSSR count). The SMILES string of the molecule is COC(CN)C(=O)NCc1ccc(NC(=O)C(C)C)cc1.Cl. The lowest BCUT2D eigenvalue weighted by Crippen LogP contribution is -2.40. The smallest absolute Gasteiger partial charge is 0.250 e. The number of anilines is 1. The molecule has 124 valence electrons. The number of carbonyl (C=O) groups excluding carboxylic acids is 2. The summed E-state index contributed by atoms with van der Waals surface area (Å²) in [5.41, 5.74) is 7.08. The van der Waals surface area contributed by atoms with Crippen LogP contribution in [0.1, 0.15) is 19.4 Å². The van der Waals surface area contributed by atoms with E-state index in [0.717, 1.165) is 11.3 Å². The van der Waals surface area contributed by atoms with Crippen molar-refractivity contribution in [2.45, 2.75) is 26.5 Å². The van der Waals surface area contributed by atoms with E-state index in [4.69, 9.17) is 10.5 Å². The van der Waals surface area contributed by atoms with E-state index in [2.05, 4.69) is 10.6 Å². The van der Waals surface area contributed by atoms with Gasteiger partial charge < -0.3 is 21.1 Å². The monoisotopic (exact) mass is 329 g/mol. The molecule has 0 aliphatic rings. The van der Waals surface area contributed by atoms with E-state index in [1.807, 2.05) is 26.0 Å². The van der Waals surface area contributed by atoms with Gasteiger partial charge in [0.05, 0.1) is 0 Å². The van der Waals surface area contributed by atoms with Crippen LogP contribution in [0, 0.1) is 5.92 Å². The fourth-order valence-electron chi connectivity index (χ4n) is 1.61. The predicted octanol–water partition coefficient (Wildman–Crippen LogP) is 1.29. The zero-order valence-electron chi connectivity index (χ0n) is 13.1. The Labute approximate surface area is 137 Å². The first-order valence-electron chi connectivity index (χ1n) is 6.88. The standard InChI is InChI=1S/C15H23N3O3.ClH/c1-10(2)14(19)18-12-6-4-11(5-7-12)9-17-15(20)13(8-16)21-3;/h4-7,10,13H,8-9,16H2,1-3H3,(H,17,20)(H,18,19);1H. The van der Waals surface area contributed by atoms with Gasteiger partial charge in [0.25, 0.3) is 5.91 Å². The third-order valence-corrected chi connectivity index (χ3v) is 3.00. The summed E-state index contributed by atoms with van der Waals surface area (Å²) < 4.78 is 4.95. The average molecular weight is 330 g/mol. The number of nitrogens with two attached hydrogens (primary N) is 1. The summed E-state index contributed by atoms with van der Waals surface area (Å²) in [6, 6.07) is 7.30. The molecule has 6 nitrogen and oxygen atoms in total. The van der Waals surface area contributed by atoms with Crippen molar-refractivity contribution in [3.63, 3.8) is 0 Å². The average Bonchev–Trinajstić information content (AvgIpc) is 2.47. The van der Waals surface area contributed by atoms with Gasteiger partial charge in [-0.15, -0.1) is 12.4 Å². The van der Waals surface area contributed by atoms with Crippen LogP contribution in [-0.4, -0.2) is 31.6 Å². The van der Waals surface area contributed by atoms with Gasteiger partial charge in [-0.05, 0) is 17.7 Å². The molecule has 0 bridgehead atoms. The molecule has 22 heavy (non-hydrogen) atoms. The number of hydrogen-bond donors (Lipinski definition) is 3. The number of rotatable bonds is 7. The zero-order valence-corrected chi connectivity index (χ0v) is 13.9. The van der Waals surface area contributed by atoms with Gasteiger partial charge >= 0.3 is 0 Å². The fraction of sp³-hybridized carbons (Fsp3) is 0.467. The number of amides is 2. The second-order valence-corrected chi connectivity index (χ2v) is 5.02. The molecule has 0 heterocycles. The molecule has 2 amide bonds. The maximum absolute atomic E-state index is 11.7. The van der Waals surface area contributed by atoms with E-state index in [1.54, 1.807) is 12.1 Å². The Bertz CT molecular complexity index is 473. The van der Waals surface area contributed by atoms with Gasteiger partial charge in [0.2, 0.25) is 5.91 Å². The summed E-state index contributed by atoms with van der Waals surface area (Å²) in [6.07, 6.45) is -0.630. The van der Waals surface area contributed by atoms with Gasteiger partial charge in [0.15, 0.2) is 0 Å². The van der Waals surface area contributed by atoms with Crippen molar-refractivity contribution in [3.05, 3.63) is 29.8 Å². The minimum Gasteiger partial charge on any atom is -0.370 e. The first-order valence-corrected chi connectivity index (χ1v) is 6.88. The highest BCUT2D eigenvalue weighted by Gasteiger charge is 2.14. The Balaban J connectivity index is 0.00000441. The number of nitrogens with one attached hydrogen (secondary N) is 2. The number of halogens is 1. The molecular weight excluding hydrogens is 306 g/mol. The minimum atomic E-state index is -0.630. The Morgan fingerprint density at radius 2 is 1.77 bits per heavy atom. The summed E-state index contributed by atoms with van der Waals surface area (Å²) in [4.78, 5) is 23.3. The molecule has 0 saturated carbocycles. The second kappa shape index (κ2) is 10.2. The molecule has 0 aliphatic heterocycles. The summed E-state index contributed by atoms with van der Waals surface area (Å²) in [5.74, 6) is -0.328. The lowest BCUT2D eigenvalue weighted by Gasteiger charge is -2.13. The Kier molecular flexibility index (Phi) is 9.40. The Hall–Kier alpha value is -1.63. The van der Waals surface area contributed by atoms with Crippen molar-refractivity contribution in [2.24, 2.45) is 11.7 Å². The van der Waals surface area contributed by atoms with Crippen molar-refractivity contribution in [1.82, 2.24) is 5.32 Å². The van der Waals surface area contributed by atoms with Crippen LogP contribution < -0.4 is 16.4 Å². The molecule has 0 aliphatic carbocycles. The lowest BCUT2D eigenvalue weighted by molar-refractivity contribution is -0.130. The third kappa shape index (κ3) is 6.43. The molecule has 0 saturated heterocycles. The summed E-state index contributed by atoms with van der Waals surface area (Å²) in [6.45, 7) is 4.20. The van der Waals surface area contributed by atoms with Crippen LogP contribution in [0.5, 0.6) is 0 Å². The van der Waals surface area contributed by atoms with Crippen LogP contribution in [0.3, 0.4) is 0 Å². The lowest BCUT2D eigenvalue weighted by atomic mass is 10.1. The quantitative estimate of drug-likeness (QED) is 0.702. The first kappa shape index (κ1) is 20.4. The van der Waals surface area contributed by atoms with Crippen molar-refractivity contribution in [3.8, 4) is 0 Å². The maximum Gasteiger partial charge on any atom is 0.250 e. The topological polar surface area (TPSA) is 93.4 Å². The molecule has 4 N–H and O–H groups in total. The molecule has 0 aromatic heterocycles. The normalized spacial score (nSPS) is 11.5. The molecule has 7 heteroatoms. The Morgan fingerprint density at radius 3 is 2.23 bits per heavy atom. The number of methoxy groups -OCH3 is 1. The fourth-order valence-corrected chi connectivity index (χ4v) is 1.61. The van der Waals surface area contributed by atoms with Gasteiger partial charge in [0, 0.05) is 31.8 Å². The van der Waals surface area contributed by atoms with E-state index in [1.165, 1.54) is 7.11 Å². The predicted molar refractivity (Wildman–Crippen MR) is 88.9 cm³/mol. The van der Waals surface area contributed by atoms with Crippen LogP contribution in [0.2, 0.25) is 0 Å². The van der Waals surface area contributed by atoms with Gasteiger partial charge in [0.1, 0.15) is 6.10 Å². The van der Waals surface area contributed by atoms with Gasteiger partial charge in [-0.3, -0.25) is 9.59 Å². The van der Waals surface area contributed by atoms with Crippen LogP contribution in [0.15, 0.2) is 24.3 Å². The molecule has 0 radical (unpaired) electrons. The zero-order chi connectivity index (χ0) is 15.8. The highest BCUT2D eigenvalue weighted by Crippen LogP contribution is 2.11. The number of ether oxygens (including phenoxy) is 1. The Morgan fingerprint density at radius 1 is 1.18 bits per heavy atom. The van der Waals surface area contributed by atoms with Gasteiger partial charge in [-0.2, -0.15) is 0 Å². The molecule has 0 fully saturated rings. The summed E-state index contributed by atoms with van der Waals surface area (Å²) in [7, 11) is 1.45. The van der Waals surface area contributed by atoms with Crippen LogP contribution in [-0.2, 0) is 20.9 Å². The third-order valence-electron chi connectivity index (χ3n) is 3.00. The van der Waals surface area contributed by atoms with Gasteiger partial charge in [-0.1, -0.05) is 26.0 Å². The van der Waals surface area contributed by atoms with Crippen LogP contribution >= 0.6 is 12.4 Å². The van der Waals surface area contributed by atoms with E-state index < -0.39 is 6.10 Å². The highest BCUT2D eigenvalue weighted by atomic mass is 35.5. The number of benzene rings is 1. The van der Waals surface area contributed by atoms with E-state index in [0.29, 0.717) is 6.54 Å². The molecule has 1 atom stereocenters. The number of hydrogen-bond acceptors (Lipinski definition) is 4. The molecule has 0 spiro atoms. The van der Waals surface area contributed by atoms with E-state index in [9.17, 15) is 9.59 Å². The van der Waals surface area contributed by atoms with E-state index in [-0.39, 0.29) is 36.7 Å². The molecule has 1 unspecified atom stereocenters. The number of carbonyl (C=O) groups is 2. The minimum absolute atomic E-state index is 0. The largest absolute Gasteiger partial charge is 0.370 e. The van der Waals surface area contributed by atoms with Crippen LogP contribution in [0.25, 0.3) is 0 Å². The molecule has 1 aromatic rings. The van der Waals surface area contributed by atoms with E-state index >= 15 is 0 Å². The summed E-state index contributed by atoms with van der Waals surface area (Å²) in [5, 5.41) is 5.56. The van der Waals surface area contributed by atoms with Crippen LogP contribution in [0.4, 0.5) is 5.69 Å². The van der Waals surface area contributed by atoms with Crippen molar-refractivity contribution in [2.75, 3.05) is 19.0 Å². The van der Waals surface area contributed by atoms with Crippen molar-refractivity contribution < 1.29 is 14.3 Å². The second-order valence-electron chi connectivity index (χ2n) is 5.02. The highest BCUT2D eigenvalue weighted by molar-refractivity contribution is 5.92. The van der Waals surface area contributed by atoms with Crippen molar-refractivity contribution in [1.29, 1.82) is 0 Å². The van der Waals surface area contributed by atoms with Gasteiger partial charge in [-0.25, -0.2) is 0 Å². The maximum atomic E-state index is 11.7. The molecule has 1 aromatic carbocycles. The first-order chi connectivity index (χ1) is 9.97. The molecular formula is C15H24ClN3O3. The van der Waals surface area contributed by atoms with Crippen molar-refractivity contribution >= 4 is 29.9 Å².